The van der Waals surface area contributed by atoms with E-state index < -0.39 is 25.2 Å². The summed E-state index contributed by atoms with van der Waals surface area (Å²) in [6, 6.07) is 5.97. The largest absolute Gasteiger partial charge is 0.436 e. The van der Waals surface area contributed by atoms with Crippen molar-refractivity contribution >= 4 is 31.0 Å². The maximum atomic E-state index is 6.51. The summed E-state index contributed by atoms with van der Waals surface area (Å²) in [7, 11) is -3.49. The molecule has 0 aromatic carbocycles. The van der Waals surface area contributed by atoms with Crippen LogP contribution in [0.1, 0.15) is 0 Å². The minimum absolute atomic E-state index is 0.804. The second-order valence-corrected chi connectivity index (χ2v) is 20.3. The zero-order valence-corrected chi connectivity index (χ0v) is 17.7. The van der Waals surface area contributed by atoms with Crippen molar-refractivity contribution in [2.75, 3.05) is 18.1 Å². The van der Waals surface area contributed by atoms with Crippen LogP contribution in [0.4, 0.5) is 5.82 Å². The smallest absolute Gasteiger partial charge is 0.334 e. The molecule has 21 heavy (non-hydrogen) atoms. The number of aromatic nitrogens is 1. The van der Waals surface area contributed by atoms with Gasteiger partial charge in [-0.05, 0) is 58.0 Å². The molecular formula is C14H30N2O2Si3. The van der Waals surface area contributed by atoms with Crippen LogP contribution >= 0.6 is 0 Å². The summed E-state index contributed by atoms with van der Waals surface area (Å²) in [6.07, 6.45) is 2.63. The first-order chi connectivity index (χ1) is 9.40. The molecule has 0 fully saturated rings. The summed E-state index contributed by atoms with van der Waals surface area (Å²) in [5, 5.41) is 0. The fourth-order valence-electron chi connectivity index (χ4n) is 2.47. The minimum Gasteiger partial charge on any atom is -0.436 e. The standard InChI is InChI=1S/C14H30N2O2Si3/c1-16(14-11-9-10-12-15-14)13-21(8,17-19(2,3)4)18-20(5,6)7/h9-12H,13H2,1-8H3. The molecule has 0 atom stereocenters. The van der Waals surface area contributed by atoms with Crippen LogP contribution in [-0.4, -0.2) is 43.4 Å². The van der Waals surface area contributed by atoms with E-state index in [1.807, 2.05) is 24.4 Å². The lowest BCUT2D eigenvalue weighted by Gasteiger charge is -2.40. The number of pyridine rings is 1. The normalized spacial score (nSPS) is 13.3. The highest BCUT2D eigenvalue weighted by atomic mass is 28.5. The number of hydrogen-bond donors (Lipinski definition) is 0. The Balaban J connectivity index is 2.91. The molecule has 120 valence electrons. The van der Waals surface area contributed by atoms with Gasteiger partial charge in [-0.2, -0.15) is 0 Å². The highest BCUT2D eigenvalue weighted by Crippen LogP contribution is 2.22. The summed E-state index contributed by atoms with van der Waals surface area (Å²) in [6.45, 7) is 15.6. The number of nitrogens with zero attached hydrogens (tertiary/aromatic N) is 2. The lowest BCUT2D eigenvalue weighted by molar-refractivity contribution is 0.385. The second kappa shape index (κ2) is 6.74. The highest BCUT2D eigenvalue weighted by Gasteiger charge is 2.41. The van der Waals surface area contributed by atoms with E-state index in [9.17, 15) is 0 Å². The van der Waals surface area contributed by atoms with Gasteiger partial charge >= 0.3 is 8.56 Å². The quantitative estimate of drug-likeness (QED) is 0.705. The summed E-state index contributed by atoms with van der Waals surface area (Å²) in [5.41, 5.74) is 0. The molecule has 0 spiro atoms. The molecule has 0 aliphatic heterocycles. The molecule has 0 saturated heterocycles. The summed E-state index contributed by atoms with van der Waals surface area (Å²) < 4.78 is 13.0. The van der Waals surface area contributed by atoms with E-state index in [2.05, 4.69) is 62.8 Å². The zero-order valence-electron chi connectivity index (χ0n) is 14.7. The third-order valence-corrected chi connectivity index (χ3v) is 12.0. The van der Waals surface area contributed by atoms with Crippen molar-refractivity contribution in [2.45, 2.75) is 45.8 Å². The van der Waals surface area contributed by atoms with Crippen LogP contribution in [0.3, 0.4) is 0 Å². The van der Waals surface area contributed by atoms with Crippen LogP contribution < -0.4 is 4.90 Å². The molecule has 0 aliphatic rings. The summed E-state index contributed by atoms with van der Waals surface area (Å²) >= 11 is 0. The Labute approximate surface area is 133 Å². The van der Waals surface area contributed by atoms with Crippen LogP contribution in [-0.2, 0) is 8.23 Å². The third kappa shape index (κ3) is 7.37. The molecule has 1 heterocycles. The second-order valence-electron chi connectivity index (χ2n) is 7.61. The van der Waals surface area contributed by atoms with Gasteiger partial charge in [-0.15, -0.1) is 0 Å². The maximum absolute atomic E-state index is 6.51. The van der Waals surface area contributed by atoms with Crippen molar-refractivity contribution < 1.29 is 8.23 Å². The van der Waals surface area contributed by atoms with Crippen molar-refractivity contribution in [1.82, 2.24) is 4.98 Å². The van der Waals surface area contributed by atoms with Crippen molar-refractivity contribution in [2.24, 2.45) is 0 Å². The van der Waals surface area contributed by atoms with E-state index in [0.29, 0.717) is 0 Å². The molecule has 4 nitrogen and oxygen atoms in total. The van der Waals surface area contributed by atoms with Crippen molar-refractivity contribution in [3.05, 3.63) is 24.4 Å². The van der Waals surface area contributed by atoms with Gasteiger partial charge in [0.1, 0.15) is 5.82 Å². The SMILES string of the molecule is CN(C[Si](C)(O[Si](C)(C)C)O[Si](C)(C)C)c1ccccn1. The molecule has 0 N–H and O–H groups in total. The fraction of sp³-hybridized carbons (Fsp3) is 0.643. The first-order valence-electron chi connectivity index (χ1n) is 7.43. The van der Waals surface area contributed by atoms with Gasteiger partial charge in [0.05, 0.1) is 6.17 Å². The highest BCUT2D eigenvalue weighted by molar-refractivity contribution is 6.87. The van der Waals surface area contributed by atoms with E-state index in [1.165, 1.54) is 0 Å². The minimum atomic E-state index is -2.26. The van der Waals surface area contributed by atoms with Crippen LogP contribution in [0.2, 0.25) is 45.8 Å². The lowest BCUT2D eigenvalue weighted by Crippen LogP contribution is -2.58. The van der Waals surface area contributed by atoms with E-state index >= 15 is 0 Å². The van der Waals surface area contributed by atoms with Gasteiger partial charge in [0, 0.05) is 13.2 Å². The Morgan fingerprint density at radius 1 is 0.952 bits per heavy atom. The van der Waals surface area contributed by atoms with E-state index in [1.54, 1.807) is 0 Å². The molecule has 0 unspecified atom stereocenters. The first kappa shape index (κ1) is 18.6. The Morgan fingerprint density at radius 2 is 1.48 bits per heavy atom. The van der Waals surface area contributed by atoms with Gasteiger partial charge in [-0.1, -0.05) is 6.07 Å². The third-order valence-electron chi connectivity index (χ3n) is 2.61. The average Bonchev–Trinajstić information content (AvgIpc) is 2.24. The first-order valence-corrected chi connectivity index (χ1v) is 16.8. The molecule has 1 rings (SSSR count). The Hall–Kier alpha value is -0.479. The number of rotatable bonds is 7. The van der Waals surface area contributed by atoms with Gasteiger partial charge in [-0.25, -0.2) is 4.98 Å². The van der Waals surface area contributed by atoms with Crippen LogP contribution in [0.15, 0.2) is 24.4 Å². The molecular weight excluding hydrogens is 312 g/mol. The van der Waals surface area contributed by atoms with Crippen LogP contribution in [0.25, 0.3) is 0 Å². The molecule has 1 aromatic rings. The summed E-state index contributed by atoms with van der Waals surface area (Å²) in [4.78, 5) is 6.57. The van der Waals surface area contributed by atoms with Crippen LogP contribution in [0.5, 0.6) is 0 Å². The van der Waals surface area contributed by atoms with Gasteiger partial charge in [0.15, 0.2) is 16.6 Å². The molecule has 0 aliphatic carbocycles. The lowest BCUT2D eigenvalue weighted by atomic mass is 10.4. The fourth-order valence-corrected chi connectivity index (χ4v) is 14.9. The predicted octanol–water partition coefficient (Wildman–Crippen LogP) is 3.83. The van der Waals surface area contributed by atoms with E-state index in [-0.39, 0.29) is 0 Å². The Morgan fingerprint density at radius 3 is 1.86 bits per heavy atom. The van der Waals surface area contributed by atoms with Gasteiger partial charge in [-0.3, -0.25) is 0 Å². The van der Waals surface area contributed by atoms with Gasteiger partial charge in [0.25, 0.3) is 0 Å². The van der Waals surface area contributed by atoms with Crippen molar-refractivity contribution in [1.29, 1.82) is 0 Å². The number of anilines is 1. The van der Waals surface area contributed by atoms with Crippen molar-refractivity contribution in [3.8, 4) is 0 Å². The maximum Gasteiger partial charge on any atom is 0.334 e. The molecule has 1 aromatic heterocycles. The zero-order chi connectivity index (χ0) is 16.3. The molecule has 7 heteroatoms. The van der Waals surface area contributed by atoms with Crippen molar-refractivity contribution in [3.63, 3.8) is 0 Å². The average molecular weight is 343 g/mol. The van der Waals surface area contributed by atoms with Crippen LogP contribution in [0, 0.1) is 0 Å². The van der Waals surface area contributed by atoms with E-state index in [0.717, 1.165) is 12.0 Å². The monoisotopic (exact) mass is 342 g/mol. The van der Waals surface area contributed by atoms with Gasteiger partial charge in [0.2, 0.25) is 0 Å². The van der Waals surface area contributed by atoms with E-state index in [4.69, 9.17) is 8.23 Å². The molecule has 0 bridgehead atoms. The summed E-state index contributed by atoms with van der Waals surface area (Å²) in [5.74, 6) is 0.967. The van der Waals surface area contributed by atoms with Gasteiger partial charge < -0.3 is 13.1 Å². The Bertz CT molecular complexity index is 428. The molecule has 0 amide bonds. The molecule has 0 radical (unpaired) electrons. The Kier molecular flexibility index (Phi) is 5.96. The predicted molar refractivity (Wildman–Crippen MR) is 98.0 cm³/mol. The topological polar surface area (TPSA) is 34.6 Å². The molecule has 0 saturated carbocycles. The number of hydrogen-bond acceptors (Lipinski definition) is 4.